The van der Waals surface area contributed by atoms with Gasteiger partial charge in [0, 0.05) is 5.41 Å². The lowest BCUT2D eigenvalue weighted by atomic mass is 9.33. The third kappa shape index (κ3) is 6.35. The van der Waals surface area contributed by atoms with Crippen LogP contribution in [0.15, 0.2) is 11.6 Å². The summed E-state index contributed by atoms with van der Waals surface area (Å²) in [6.07, 6.45) is -10.4. The summed E-state index contributed by atoms with van der Waals surface area (Å²) >= 11 is 0. The Morgan fingerprint density at radius 3 is 2.05 bits per heavy atom. The second kappa shape index (κ2) is 15.2. The van der Waals surface area contributed by atoms with Crippen LogP contribution in [-0.4, -0.2) is 150 Å². The van der Waals surface area contributed by atoms with Crippen molar-refractivity contribution < 1.29 is 74.8 Å². The van der Waals surface area contributed by atoms with Gasteiger partial charge in [-0.3, -0.25) is 4.79 Å². The van der Waals surface area contributed by atoms with E-state index in [-0.39, 0.29) is 46.5 Å². The average molecular weight is 813 g/mol. The van der Waals surface area contributed by atoms with Crippen molar-refractivity contribution in [3.63, 3.8) is 0 Å². The topological polar surface area (TPSA) is 256 Å². The van der Waals surface area contributed by atoms with Crippen molar-refractivity contribution >= 4 is 5.97 Å². The van der Waals surface area contributed by atoms with Crippen LogP contribution in [-0.2, 0) is 23.7 Å². The molecule has 0 aromatic carbocycles. The highest BCUT2D eigenvalue weighted by atomic mass is 16.7. The number of aliphatic hydroxyl groups is 10. The Kier molecular flexibility index (Phi) is 11.7. The van der Waals surface area contributed by atoms with E-state index in [2.05, 4.69) is 40.7 Å². The second-order valence-corrected chi connectivity index (χ2v) is 20.1. The Labute approximate surface area is 335 Å². The molecule has 15 nitrogen and oxygen atoms in total. The Bertz CT molecular complexity index is 1530. The largest absolute Gasteiger partial charge is 0.432 e. The number of rotatable bonds is 7. The van der Waals surface area contributed by atoms with Gasteiger partial charge in [0.2, 0.25) is 6.29 Å². The number of carbonyl (C=O) groups is 1. The normalized spacial score (nSPS) is 56.4. The third-order valence-electron chi connectivity index (χ3n) is 17.7. The molecule has 57 heavy (non-hydrogen) atoms. The van der Waals surface area contributed by atoms with Crippen LogP contribution in [0.3, 0.4) is 0 Å². The van der Waals surface area contributed by atoms with Crippen LogP contribution in [0.4, 0.5) is 0 Å². The van der Waals surface area contributed by atoms with Crippen LogP contribution in [0.5, 0.6) is 0 Å². The summed E-state index contributed by atoms with van der Waals surface area (Å²) < 4.78 is 23.0. The van der Waals surface area contributed by atoms with Crippen LogP contribution >= 0.6 is 0 Å². The molecule has 22 atom stereocenters. The molecule has 0 bridgehead atoms. The van der Waals surface area contributed by atoms with E-state index in [0.717, 1.165) is 25.7 Å². The summed E-state index contributed by atoms with van der Waals surface area (Å²) in [5.74, 6) is -0.186. The Morgan fingerprint density at radius 2 is 1.40 bits per heavy atom. The van der Waals surface area contributed by atoms with Crippen LogP contribution in [0, 0.1) is 56.7 Å². The zero-order valence-corrected chi connectivity index (χ0v) is 34.2. The molecule has 5 aliphatic carbocycles. The van der Waals surface area contributed by atoms with Gasteiger partial charge >= 0.3 is 5.97 Å². The lowest BCUT2D eigenvalue weighted by Gasteiger charge is -2.71. The highest BCUT2D eigenvalue weighted by molar-refractivity contribution is 5.79. The zero-order valence-electron chi connectivity index (χ0n) is 34.2. The molecule has 0 radical (unpaired) electrons. The van der Waals surface area contributed by atoms with Gasteiger partial charge in [-0.15, -0.1) is 0 Å². The number of aliphatic hydroxyl groups excluding tert-OH is 10. The molecule has 7 aliphatic rings. The van der Waals surface area contributed by atoms with Crippen molar-refractivity contribution in [2.24, 2.45) is 56.7 Å². The third-order valence-corrected chi connectivity index (χ3v) is 17.7. The maximum atomic E-state index is 14.8. The average Bonchev–Trinajstić information content (AvgIpc) is 3.18. The standard InChI is InChI=1S/C42H68O15/c1-19-9-12-42(37(53)57-36-33(51)31(49)29(47)24(56-36)17-54-35-32(50)30(48)28(46)23(16-43)55-35)14-13-40(5)21(27(42)20(19)2)7-8-26-38(3)15-22(45)34(52)39(4,18-44)25(38)10-11-41(26,40)6/h7,19-20,22-36,43-52H,8-18H2,1-6H3/t19-,20+,22-,23-,24-,25-,26-,27+,28-,29-,30+,31+,32-,33-,34+,35-,36+,38+,39+,40-,41-,42+/m1/s1. The molecule has 4 saturated carbocycles. The predicted molar refractivity (Wildman–Crippen MR) is 200 cm³/mol. The fourth-order valence-electron chi connectivity index (χ4n) is 13.8. The van der Waals surface area contributed by atoms with Gasteiger partial charge in [0.1, 0.15) is 48.8 Å². The zero-order chi connectivity index (χ0) is 41.8. The molecular formula is C42H68O15. The lowest BCUT2D eigenvalue weighted by molar-refractivity contribution is -0.328. The first-order valence-corrected chi connectivity index (χ1v) is 21.2. The summed E-state index contributed by atoms with van der Waals surface area (Å²) in [5, 5.41) is 106. The Balaban J connectivity index is 1.14. The van der Waals surface area contributed by atoms with Crippen LogP contribution in [0.2, 0.25) is 0 Å². The van der Waals surface area contributed by atoms with Gasteiger partial charge in [0.15, 0.2) is 6.29 Å². The summed E-state index contributed by atoms with van der Waals surface area (Å²) in [5.41, 5.74) is -1.44. The number of ether oxygens (including phenoxy) is 4. The van der Waals surface area contributed by atoms with E-state index in [1.807, 2.05) is 6.92 Å². The van der Waals surface area contributed by atoms with Gasteiger partial charge in [0.25, 0.3) is 0 Å². The van der Waals surface area contributed by atoms with E-state index in [1.165, 1.54) is 5.57 Å². The van der Waals surface area contributed by atoms with Crippen molar-refractivity contribution in [2.45, 2.75) is 167 Å². The highest BCUT2D eigenvalue weighted by Crippen LogP contribution is 2.76. The Hall–Kier alpha value is -1.31. The van der Waals surface area contributed by atoms with Gasteiger partial charge in [-0.25, -0.2) is 0 Å². The molecule has 0 spiro atoms. The number of hydrogen-bond acceptors (Lipinski definition) is 15. The maximum Gasteiger partial charge on any atom is 0.315 e. The van der Waals surface area contributed by atoms with Gasteiger partial charge in [-0.05, 0) is 97.2 Å². The van der Waals surface area contributed by atoms with E-state index in [1.54, 1.807) is 0 Å². The number of hydrogen-bond donors (Lipinski definition) is 10. The molecule has 2 heterocycles. The van der Waals surface area contributed by atoms with Crippen molar-refractivity contribution in [3.8, 4) is 0 Å². The van der Waals surface area contributed by atoms with Crippen molar-refractivity contribution in [2.75, 3.05) is 19.8 Å². The SMILES string of the molecule is C[C@H]1[C@H](C)CC[C@]2(C(=O)O[C@@H]3O[C@H](CO[C@@H]4O[C@H](CO)[C@@H](O)[C@H](O)[C@H]4O)[C@@H](O)[C@H](O)[C@H]3O)CC[C@]3(C)C(=CC[C@@H]4[C@@]5(C)C[C@@H](O)[C@H](O)[C@@](C)(CO)[C@@H]5CC[C@]43C)[C@H]12. The van der Waals surface area contributed by atoms with Crippen LogP contribution in [0.25, 0.3) is 0 Å². The van der Waals surface area contributed by atoms with E-state index >= 15 is 0 Å². The summed E-state index contributed by atoms with van der Waals surface area (Å²) in [6, 6.07) is 0. The molecular weight excluding hydrogens is 744 g/mol. The van der Waals surface area contributed by atoms with Crippen LogP contribution < -0.4 is 0 Å². The molecule has 6 fully saturated rings. The molecule has 15 heteroatoms. The maximum absolute atomic E-state index is 14.8. The molecule has 0 amide bonds. The van der Waals surface area contributed by atoms with Crippen LogP contribution in [0.1, 0.15) is 92.9 Å². The van der Waals surface area contributed by atoms with Crippen molar-refractivity contribution in [1.82, 2.24) is 0 Å². The molecule has 10 N–H and O–H groups in total. The fourth-order valence-corrected chi connectivity index (χ4v) is 13.8. The summed E-state index contributed by atoms with van der Waals surface area (Å²) in [7, 11) is 0. The van der Waals surface area contributed by atoms with Crippen molar-refractivity contribution in [1.29, 1.82) is 0 Å². The first-order chi connectivity index (χ1) is 26.7. The van der Waals surface area contributed by atoms with Gasteiger partial charge in [0.05, 0.1) is 37.4 Å². The van der Waals surface area contributed by atoms with E-state index in [0.29, 0.717) is 31.6 Å². The minimum atomic E-state index is -1.80. The smallest absolute Gasteiger partial charge is 0.315 e. The predicted octanol–water partition coefficient (Wildman–Crippen LogP) is 0.115. The highest BCUT2D eigenvalue weighted by Gasteiger charge is 2.71. The molecule has 0 aromatic heterocycles. The fraction of sp³-hybridized carbons (Fsp3) is 0.929. The minimum Gasteiger partial charge on any atom is -0.432 e. The molecule has 2 aliphatic heterocycles. The number of esters is 1. The van der Waals surface area contributed by atoms with Crippen molar-refractivity contribution in [3.05, 3.63) is 11.6 Å². The summed E-state index contributed by atoms with van der Waals surface area (Å²) in [4.78, 5) is 14.8. The molecule has 7 rings (SSSR count). The number of carbonyl (C=O) groups excluding carboxylic acids is 1. The number of fused-ring (bicyclic) bond motifs is 7. The summed E-state index contributed by atoms with van der Waals surface area (Å²) in [6.45, 7) is 11.8. The minimum absolute atomic E-state index is 0.0125. The van der Waals surface area contributed by atoms with E-state index in [4.69, 9.17) is 18.9 Å². The van der Waals surface area contributed by atoms with E-state index in [9.17, 15) is 55.9 Å². The van der Waals surface area contributed by atoms with Gasteiger partial charge in [-0.1, -0.05) is 53.2 Å². The molecule has 326 valence electrons. The second-order valence-electron chi connectivity index (χ2n) is 20.1. The van der Waals surface area contributed by atoms with Gasteiger partial charge in [-0.2, -0.15) is 0 Å². The monoisotopic (exact) mass is 812 g/mol. The Morgan fingerprint density at radius 1 is 0.772 bits per heavy atom. The number of allylic oxidation sites excluding steroid dienone is 2. The van der Waals surface area contributed by atoms with E-state index < -0.39 is 104 Å². The first kappa shape index (κ1) is 43.8. The lowest BCUT2D eigenvalue weighted by Crippen LogP contribution is -2.68. The molecule has 0 unspecified atom stereocenters. The first-order valence-electron chi connectivity index (χ1n) is 21.2. The quantitative estimate of drug-likeness (QED) is 0.121. The molecule has 2 saturated heterocycles. The molecule has 0 aromatic rings. The van der Waals surface area contributed by atoms with Gasteiger partial charge < -0.3 is 70.0 Å².